The quantitative estimate of drug-likeness (QED) is 0.213. The van der Waals surface area contributed by atoms with Gasteiger partial charge in [-0.1, -0.05) is 18.2 Å². The number of esters is 1. The molecule has 1 unspecified atom stereocenters. The van der Waals surface area contributed by atoms with Crippen molar-refractivity contribution in [2.45, 2.75) is 13.0 Å². The summed E-state index contributed by atoms with van der Waals surface area (Å²) in [6.07, 6.45) is 0. The van der Waals surface area contributed by atoms with Crippen LogP contribution in [-0.2, 0) is 14.3 Å². The summed E-state index contributed by atoms with van der Waals surface area (Å²) in [4.78, 5) is 40.1. The number of hydrogen-bond donors (Lipinski definition) is 2. The Bertz CT molecular complexity index is 1370. The van der Waals surface area contributed by atoms with Crippen LogP contribution in [0.3, 0.4) is 0 Å². The average Bonchev–Trinajstić information content (AvgIpc) is 3.18. The lowest BCUT2D eigenvalue weighted by Gasteiger charge is -2.26. The maximum Gasteiger partial charge on any atom is 0.338 e. The number of nitrogens with zero attached hydrogens (tertiary/aromatic N) is 1. The summed E-state index contributed by atoms with van der Waals surface area (Å²) in [5.74, 6) is -2.47. The number of ether oxygens (including phenoxy) is 3. The number of aliphatic hydroxyl groups is 1. The van der Waals surface area contributed by atoms with Crippen molar-refractivity contribution >= 4 is 29.1 Å². The lowest BCUT2D eigenvalue weighted by molar-refractivity contribution is -0.132. The Morgan fingerprint density at radius 3 is 2.14 bits per heavy atom. The fourth-order valence-electron chi connectivity index (χ4n) is 4.30. The maximum atomic E-state index is 13.4. The van der Waals surface area contributed by atoms with Gasteiger partial charge in [0.15, 0.2) is 0 Å². The van der Waals surface area contributed by atoms with Crippen molar-refractivity contribution in [3.63, 3.8) is 0 Å². The van der Waals surface area contributed by atoms with Crippen molar-refractivity contribution in [1.29, 1.82) is 0 Å². The molecule has 9 nitrogen and oxygen atoms in total. The van der Waals surface area contributed by atoms with Crippen molar-refractivity contribution in [2.24, 2.45) is 0 Å². The van der Waals surface area contributed by atoms with Crippen LogP contribution in [0.2, 0.25) is 0 Å². The molecule has 37 heavy (non-hydrogen) atoms. The second kappa shape index (κ2) is 10.4. The number of Topliss-reactive ketones (excluding diaryl/α,β-unsaturated/α-hetero) is 1. The lowest BCUT2D eigenvalue weighted by Crippen LogP contribution is -2.29. The van der Waals surface area contributed by atoms with Gasteiger partial charge in [-0.3, -0.25) is 14.5 Å². The molecule has 9 heteroatoms. The molecule has 1 atom stereocenters. The minimum Gasteiger partial charge on any atom is -0.508 e. The Kier molecular flexibility index (Phi) is 7.15. The lowest BCUT2D eigenvalue weighted by atomic mass is 9.94. The molecular weight excluding hydrogens is 478 g/mol. The summed E-state index contributed by atoms with van der Waals surface area (Å²) in [7, 11) is 2.81. The van der Waals surface area contributed by atoms with E-state index in [9.17, 15) is 24.6 Å². The first kappa shape index (κ1) is 25.3. The van der Waals surface area contributed by atoms with Gasteiger partial charge in [0.05, 0.1) is 38.0 Å². The fourth-order valence-corrected chi connectivity index (χ4v) is 4.30. The molecule has 0 spiro atoms. The van der Waals surface area contributed by atoms with E-state index >= 15 is 0 Å². The standard InChI is InChI=1S/C28H25NO8/c1-4-37-28(34)16-11-13-18(14-12-16)29-24(17-7-5-8-19(30)15-17)23(26(32)27(29)33)25(31)22-20(35-2)9-6-10-21(22)36-3/h5-15,24,30-31H,4H2,1-3H3/b25-23+. The van der Waals surface area contributed by atoms with E-state index in [0.717, 1.165) is 0 Å². The summed E-state index contributed by atoms with van der Waals surface area (Å²) in [5.41, 5.74) is 0.842. The van der Waals surface area contributed by atoms with Crippen LogP contribution in [0.15, 0.2) is 72.3 Å². The SMILES string of the molecule is CCOC(=O)c1ccc(N2C(=O)C(=O)/C(=C(/O)c3c(OC)cccc3OC)C2c2cccc(O)c2)cc1. The van der Waals surface area contributed by atoms with E-state index in [2.05, 4.69) is 0 Å². The number of anilines is 1. The normalized spacial score (nSPS) is 16.5. The molecule has 3 aromatic carbocycles. The molecule has 4 rings (SSSR count). The summed E-state index contributed by atoms with van der Waals surface area (Å²) >= 11 is 0. The molecule has 1 heterocycles. The van der Waals surface area contributed by atoms with Crippen molar-refractivity contribution < 1.29 is 38.8 Å². The number of carbonyl (C=O) groups is 3. The zero-order valence-electron chi connectivity index (χ0n) is 20.4. The van der Waals surface area contributed by atoms with Crippen molar-refractivity contribution in [2.75, 3.05) is 25.7 Å². The third-order valence-electron chi connectivity index (χ3n) is 5.95. The largest absolute Gasteiger partial charge is 0.508 e. The van der Waals surface area contributed by atoms with Crippen LogP contribution >= 0.6 is 0 Å². The fraction of sp³-hybridized carbons (Fsp3) is 0.179. The Morgan fingerprint density at radius 1 is 0.946 bits per heavy atom. The van der Waals surface area contributed by atoms with Crippen molar-refractivity contribution in [1.82, 2.24) is 0 Å². The molecule has 0 aromatic heterocycles. The molecule has 2 N–H and O–H groups in total. The molecule has 3 aromatic rings. The van der Waals surface area contributed by atoms with Crippen LogP contribution in [0.5, 0.6) is 17.2 Å². The smallest absolute Gasteiger partial charge is 0.338 e. The number of rotatable bonds is 7. The first-order chi connectivity index (χ1) is 17.8. The Hall–Kier alpha value is -4.79. The van der Waals surface area contributed by atoms with Crippen molar-refractivity contribution in [3.8, 4) is 17.2 Å². The van der Waals surface area contributed by atoms with Gasteiger partial charge in [0.2, 0.25) is 0 Å². The molecule has 0 radical (unpaired) electrons. The molecule has 1 amide bonds. The zero-order valence-corrected chi connectivity index (χ0v) is 20.4. The van der Waals surface area contributed by atoms with Crippen LogP contribution in [0.1, 0.15) is 34.5 Å². The van der Waals surface area contributed by atoms with E-state index in [0.29, 0.717) is 11.3 Å². The van der Waals surface area contributed by atoms with E-state index in [-0.39, 0.29) is 40.6 Å². The first-order valence-corrected chi connectivity index (χ1v) is 11.4. The summed E-state index contributed by atoms with van der Waals surface area (Å²) < 4.78 is 15.8. The van der Waals surface area contributed by atoms with Gasteiger partial charge < -0.3 is 24.4 Å². The van der Waals surface area contributed by atoms with Crippen LogP contribution in [0.4, 0.5) is 5.69 Å². The summed E-state index contributed by atoms with van der Waals surface area (Å²) in [6, 6.07) is 15.8. The van der Waals surface area contributed by atoms with Gasteiger partial charge in [-0.2, -0.15) is 0 Å². The minimum atomic E-state index is -1.10. The molecular formula is C28H25NO8. The van der Waals surface area contributed by atoms with Crippen LogP contribution in [0.25, 0.3) is 5.76 Å². The second-order valence-electron chi connectivity index (χ2n) is 8.07. The number of phenolic OH excluding ortho intramolecular Hbond substituents is 1. The monoisotopic (exact) mass is 503 g/mol. The number of phenols is 1. The van der Waals surface area contributed by atoms with Gasteiger partial charge in [-0.05, 0) is 61.0 Å². The van der Waals surface area contributed by atoms with E-state index in [1.165, 1.54) is 55.5 Å². The highest BCUT2D eigenvalue weighted by Crippen LogP contribution is 2.45. The maximum absolute atomic E-state index is 13.4. The highest BCUT2D eigenvalue weighted by Gasteiger charge is 2.47. The molecule has 1 aliphatic heterocycles. The predicted molar refractivity (Wildman–Crippen MR) is 135 cm³/mol. The highest BCUT2D eigenvalue weighted by atomic mass is 16.5. The minimum absolute atomic E-state index is 0.0874. The number of benzene rings is 3. The number of amides is 1. The second-order valence-corrected chi connectivity index (χ2v) is 8.07. The third-order valence-corrected chi connectivity index (χ3v) is 5.95. The average molecular weight is 504 g/mol. The number of hydrogen-bond acceptors (Lipinski definition) is 8. The summed E-state index contributed by atoms with van der Waals surface area (Å²) in [5, 5.41) is 21.6. The van der Waals surface area contributed by atoms with Crippen LogP contribution < -0.4 is 14.4 Å². The van der Waals surface area contributed by atoms with E-state index in [1.807, 2.05) is 0 Å². The Morgan fingerprint density at radius 2 is 1.57 bits per heavy atom. The number of ketones is 1. The predicted octanol–water partition coefficient (Wildman–Crippen LogP) is 4.21. The van der Waals surface area contributed by atoms with Gasteiger partial charge in [0.25, 0.3) is 11.7 Å². The summed E-state index contributed by atoms with van der Waals surface area (Å²) in [6.45, 7) is 1.90. The first-order valence-electron chi connectivity index (χ1n) is 11.4. The third kappa shape index (κ3) is 4.58. The van der Waals surface area contributed by atoms with Crippen LogP contribution in [0, 0.1) is 0 Å². The van der Waals surface area contributed by atoms with E-state index in [1.54, 1.807) is 37.3 Å². The number of aliphatic hydroxyl groups excluding tert-OH is 1. The van der Waals surface area contributed by atoms with Gasteiger partial charge in [0, 0.05) is 5.69 Å². The van der Waals surface area contributed by atoms with Crippen LogP contribution in [-0.4, -0.2) is 48.7 Å². The molecule has 1 saturated heterocycles. The molecule has 0 saturated carbocycles. The van der Waals surface area contributed by atoms with Gasteiger partial charge in [-0.25, -0.2) is 4.79 Å². The zero-order chi connectivity index (χ0) is 26.7. The molecule has 190 valence electrons. The molecule has 0 bridgehead atoms. The van der Waals surface area contributed by atoms with Gasteiger partial charge >= 0.3 is 5.97 Å². The molecule has 1 aliphatic rings. The van der Waals surface area contributed by atoms with E-state index in [4.69, 9.17) is 14.2 Å². The molecule has 0 aliphatic carbocycles. The number of aromatic hydroxyl groups is 1. The highest BCUT2D eigenvalue weighted by molar-refractivity contribution is 6.51. The Balaban J connectivity index is 1.94. The van der Waals surface area contributed by atoms with Gasteiger partial charge in [0.1, 0.15) is 28.6 Å². The number of carbonyl (C=O) groups excluding carboxylic acids is 3. The van der Waals surface area contributed by atoms with Crippen molar-refractivity contribution in [3.05, 3.63) is 89.0 Å². The number of methoxy groups -OCH3 is 2. The topological polar surface area (TPSA) is 123 Å². The van der Waals surface area contributed by atoms with Gasteiger partial charge in [-0.15, -0.1) is 0 Å². The van der Waals surface area contributed by atoms with E-state index < -0.39 is 29.5 Å². The Labute approximate surface area is 213 Å². The molecule has 1 fully saturated rings.